The average molecular weight is 228 g/mol. The number of hydrogen-bond acceptors (Lipinski definition) is 3. The Balaban J connectivity index is 2.79. The Morgan fingerprint density at radius 2 is 2.12 bits per heavy atom. The summed E-state index contributed by atoms with van der Waals surface area (Å²) in [5.74, 6) is -0.407. The molecule has 1 aliphatic carbocycles. The van der Waals surface area contributed by atoms with E-state index in [-0.39, 0.29) is 0 Å². The lowest BCUT2D eigenvalue weighted by Gasteiger charge is -2.36. The molecule has 1 rings (SSSR count). The predicted molar refractivity (Wildman–Crippen MR) is 64.5 cm³/mol. The second-order valence-electron chi connectivity index (χ2n) is 5.09. The number of carboxylic acids is 1. The molecule has 0 spiro atoms. The maximum absolute atomic E-state index is 11.6. The van der Waals surface area contributed by atoms with Crippen molar-refractivity contribution < 1.29 is 9.90 Å². The van der Waals surface area contributed by atoms with Gasteiger partial charge in [0, 0.05) is 12.6 Å². The Hall–Kier alpha value is -0.610. The summed E-state index contributed by atoms with van der Waals surface area (Å²) < 4.78 is 0. The van der Waals surface area contributed by atoms with Crippen LogP contribution in [0.1, 0.15) is 33.6 Å². The van der Waals surface area contributed by atoms with Gasteiger partial charge < -0.3 is 15.3 Å². The van der Waals surface area contributed by atoms with Crippen LogP contribution in [0, 0.1) is 5.92 Å². The summed E-state index contributed by atoms with van der Waals surface area (Å²) in [6.07, 6.45) is 2.07. The lowest BCUT2D eigenvalue weighted by Crippen LogP contribution is -2.61. The van der Waals surface area contributed by atoms with Gasteiger partial charge in [0.2, 0.25) is 0 Å². The molecule has 4 heteroatoms. The second kappa shape index (κ2) is 5.15. The van der Waals surface area contributed by atoms with E-state index in [2.05, 4.69) is 24.1 Å². The lowest BCUT2D eigenvalue weighted by atomic mass is 9.92. The molecule has 0 aromatic heterocycles. The molecule has 0 aromatic carbocycles. The highest BCUT2D eigenvalue weighted by molar-refractivity contribution is 5.80. The summed E-state index contributed by atoms with van der Waals surface area (Å²) in [5.41, 5.74) is -0.742. The van der Waals surface area contributed by atoms with Crippen LogP contribution < -0.4 is 5.32 Å². The van der Waals surface area contributed by atoms with Gasteiger partial charge in [0.25, 0.3) is 0 Å². The molecule has 0 saturated heterocycles. The van der Waals surface area contributed by atoms with E-state index >= 15 is 0 Å². The van der Waals surface area contributed by atoms with E-state index in [1.807, 2.05) is 14.0 Å². The molecule has 2 N–H and O–H groups in total. The lowest BCUT2D eigenvalue weighted by molar-refractivity contribution is -0.147. The molecule has 0 heterocycles. The zero-order chi connectivity index (χ0) is 12.3. The van der Waals surface area contributed by atoms with Gasteiger partial charge in [-0.2, -0.15) is 0 Å². The fourth-order valence-corrected chi connectivity index (χ4v) is 2.11. The SMILES string of the molecule is CCNC(CN(C)C(C)C)(C(=O)O)C1CC1. The van der Waals surface area contributed by atoms with E-state index < -0.39 is 11.5 Å². The average Bonchev–Trinajstić information content (AvgIpc) is 2.99. The van der Waals surface area contributed by atoms with Crippen LogP contribution in [0.2, 0.25) is 0 Å². The van der Waals surface area contributed by atoms with E-state index in [1.54, 1.807) is 0 Å². The van der Waals surface area contributed by atoms with E-state index in [0.29, 0.717) is 25.0 Å². The molecular formula is C12H24N2O2. The molecule has 0 aromatic rings. The van der Waals surface area contributed by atoms with Crippen molar-refractivity contribution in [2.24, 2.45) is 5.92 Å². The highest BCUT2D eigenvalue weighted by Crippen LogP contribution is 2.40. The zero-order valence-electron chi connectivity index (χ0n) is 10.8. The number of rotatable bonds is 7. The van der Waals surface area contributed by atoms with Gasteiger partial charge in [-0.3, -0.25) is 4.79 Å². The summed E-state index contributed by atoms with van der Waals surface area (Å²) in [5, 5.41) is 12.7. The number of carboxylic acid groups (broad SMARTS) is 1. The fourth-order valence-electron chi connectivity index (χ4n) is 2.11. The molecule has 0 radical (unpaired) electrons. The topological polar surface area (TPSA) is 52.6 Å². The van der Waals surface area contributed by atoms with Crippen LogP contribution in [0.25, 0.3) is 0 Å². The zero-order valence-corrected chi connectivity index (χ0v) is 10.8. The second-order valence-corrected chi connectivity index (χ2v) is 5.09. The monoisotopic (exact) mass is 228 g/mol. The Morgan fingerprint density at radius 1 is 1.56 bits per heavy atom. The standard InChI is InChI=1S/C12H24N2O2/c1-5-13-12(11(15)16,10-6-7-10)8-14(4)9(2)3/h9-10,13H,5-8H2,1-4H3,(H,15,16). The minimum absolute atomic E-state index is 0.297. The Kier molecular flexibility index (Phi) is 4.33. The Morgan fingerprint density at radius 3 is 2.44 bits per heavy atom. The first-order chi connectivity index (χ1) is 7.44. The summed E-state index contributed by atoms with van der Waals surface area (Å²) in [6.45, 7) is 7.43. The third-order valence-electron chi connectivity index (χ3n) is 3.53. The van der Waals surface area contributed by atoms with E-state index in [1.165, 1.54) is 0 Å². The molecule has 4 nitrogen and oxygen atoms in total. The van der Waals surface area contributed by atoms with Crippen molar-refractivity contribution in [1.82, 2.24) is 10.2 Å². The van der Waals surface area contributed by atoms with Crippen LogP contribution >= 0.6 is 0 Å². The molecule has 0 aliphatic heterocycles. The summed E-state index contributed by atoms with van der Waals surface area (Å²) in [6, 6.07) is 0.371. The predicted octanol–water partition coefficient (Wildman–Crippen LogP) is 1.17. The number of carbonyl (C=O) groups is 1. The summed E-state index contributed by atoms with van der Waals surface area (Å²) >= 11 is 0. The highest BCUT2D eigenvalue weighted by atomic mass is 16.4. The molecule has 0 bridgehead atoms. The van der Waals surface area contributed by atoms with E-state index in [9.17, 15) is 9.90 Å². The van der Waals surface area contributed by atoms with Crippen molar-refractivity contribution in [2.45, 2.75) is 45.2 Å². The maximum atomic E-state index is 11.6. The van der Waals surface area contributed by atoms with Crippen molar-refractivity contribution in [2.75, 3.05) is 20.1 Å². The maximum Gasteiger partial charge on any atom is 0.325 e. The number of aliphatic carboxylic acids is 1. The Bertz CT molecular complexity index is 251. The molecule has 1 aliphatic rings. The van der Waals surface area contributed by atoms with Gasteiger partial charge in [0.05, 0.1) is 0 Å². The molecule has 0 amide bonds. The highest BCUT2D eigenvalue weighted by Gasteiger charge is 2.51. The Labute approximate surface area is 98.0 Å². The number of nitrogens with one attached hydrogen (secondary N) is 1. The van der Waals surface area contributed by atoms with Crippen LogP contribution in [0.5, 0.6) is 0 Å². The first-order valence-electron chi connectivity index (χ1n) is 6.12. The van der Waals surface area contributed by atoms with E-state index in [4.69, 9.17) is 0 Å². The van der Waals surface area contributed by atoms with Gasteiger partial charge >= 0.3 is 5.97 Å². The molecular weight excluding hydrogens is 204 g/mol. The van der Waals surface area contributed by atoms with Gasteiger partial charge in [-0.15, -0.1) is 0 Å². The van der Waals surface area contributed by atoms with Gasteiger partial charge in [-0.1, -0.05) is 6.92 Å². The van der Waals surface area contributed by atoms with Crippen molar-refractivity contribution in [1.29, 1.82) is 0 Å². The van der Waals surface area contributed by atoms with Crippen molar-refractivity contribution in [3.8, 4) is 0 Å². The summed E-state index contributed by atoms with van der Waals surface area (Å²) in [7, 11) is 1.99. The quantitative estimate of drug-likeness (QED) is 0.687. The minimum atomic E-state index is -0.742. The molecule has 1 fully saturated rings. The van der Waals surface area contributed by atoms with Gasteiger partial charge in [-0.25, -0.2) is 0 Å². The molecule has 16 heavy (non-hydrogen) atoms. The van der Waals surface area contributed by atoms with Crippen molar-refractivity contribution >= 4 is 5.97 Å². The molecule has 1 unspecified atom stereocenters. The molecule has 1 atom stereocenters. The van der Waals surface area contributed by atoms with Crippen molar-refractivity contribution in [3.63, 3.8) is 0 Å². The fraction of sp³-hybridized carbons (Fsp3) is 0.917. The van der Waals surface area contributed by atoms with Gasteiger partial charge in [-0.05, 0) is 46.2 Å². The van der Waals surface area contributed by atoms with Crippen LogP contribution in [-0.4, -0.2) is 47.7 Å². The minimum Gasteiger partial charge on any atom is -0.480 e. The normalized spacial score (nSPS) is 20.1. The third kappa shape index (κ3) is 2.74. The largest absolute Gasteiger partial charge is 0.480 e. The summed E-state index contributed by atoms with van der Waals surface area (Å²) in [4.78, 5) is 13.7. The van der Waals surface area contributed by atoms with Gasteiger partial charge in [0.15, 0.2) is 0 Å². The number of likely N-dealkylation sites (N-methyl/N-ethyl adjacent to an activating group) is 2. The number of hydrogen-bond donors (Lipinski definition) is 2. The number of nitrogens with zero attached hydrogens (tertiary/aromatic N) is 1. The third-order valence-corrected chi connectivity index (χ3v) is 3.53. The van der Waals surface area contributed by atoms with Crippen LogP contribution in [0.15, 0.2) is 0 Å². The van der Waals surface area contributed by atoms with Crippen LogP contribution in [-0.2, 0) is 4.79 Å². The molecule has 94 valence electrons. The van der Waals surface area contributed by atoms with Crippen LogP contribution in [0.4, 0.5) is 0 Å². The first-order valence-corrected chi connectivity index (χ1v) is 6.12. The van der Waals surface area contributed by atoms with Crippen LogP contribution in [0.3, 0.4) is 0 Å². The first kappa shape index (κ1) is 13.5. The van der Waals surface area contributed by atoms with E-state index in [0.717, 1.165) is 12.8 Å². The van der Waals surface area contributed by atoms with Crippen molar-refractivity contribution in [3.05, 3.63) is 0 Å². The van der Waals surface area contributed by atoms with Gasteiger partial charge in [0.1, 0.15) is 5.54 Å². The molecule has 1 saturated carbocycles. The smallest absolute Gasteiger partial charge is 0.325 e.